The molecule has 15 nitrogen and oxygen atoms in total. The Morgan fingerprint density at radius 3 is 0.0933 bits per heavy atom. The second kappa shape index (κ2) is 413. The Morgan fingerprint density at radius 2 is 0.0933 bits per heavy atom. The fourth-order valence-electron chi connectivity index (χ4n) is 0. The van der Waals surface area contributed by atoms with Crippen LogP contribution >= 0.6 is 0 Å². The fraction of sp³-hybridized carbons (Fsp3) is 0. The zero-order valence-corrected chi connectivity index (χ0v) is 169. The maximum absolute atomic E-state index is 8.56. The van der Waals surface area contributed by atoms with Crippen molar-refractivity contribution in [3.63, 3.8) is 0 Å². The summed E-state index contributed by atoms with van der Waals surface area (Å²) in [5, 5.41) is 69.7. The topological polar surface area (TPSA) is 288 Å². The molecule has 0 rings (SSSR count). The van der Waals surface area contributed by atoms with Crippen LogP contribution < -0.4 is 0 Å². The molecule has 0 saturated heterocycles. The Balaban J connectivity index is -0.000000000546. The van der Waals surface area contributed by atoms with Crippen LogP contribution in [0.3, 0.4) is 0 Å². The number of hydrogen-bond donors (Lipinski definition) is 10. The predicted molar refractivity (Wildman–Crippen MR) is 370 cm³/mol. The molecule has 0 saturated carbocycles. The van der Waals surface area contributed by atoms with Gasteiger partial charge in [-0.3, -0.25) is 0 Å². The number of rotatable bonds is 0. The smallest absolute Gasteiger partial charge is 0.450 e. The molecule has 0 fully saturated rings. The van der Waals surface area contributed by atoms with Crippen molar-refractivity contribution in [2.45, 2.75) is 0 Å². The van der Waals surface area contributed by atoms with Crippen LogP contribution in [0, 0.1) is 0 Å². The third kappa shape index (κ3) is 614. The van der Waals surface area contributed by atoms with Crippen LogP contribution in [0.15, 0.2) is 0 Å². The van der Waals surface area contributed by atoms with Crippen LogP contribution in [0.25, 0.3) is 0 Å². The van der Waals surface area contributed by atoms with Crippen LogP contribution in [0.1, 0.15) is 0 Å². The van der Waals surface area contributed by atoms with Gasteiger partial charge in [-0.05, 0) is 0 Å². The molecule has 0 bridgehead atoms. The number of hydrogen-bond acceptors (Lipinski definition) is 5. The summed E-state index contributed by atoms with van der Waals surface area (Å²) in [7, 11) is 0. The molecular weight excluding hydrogens is 2500 g/mol. The fourth-order valence-corrected chi connectivity index (χ4v) is 0. The Morgan fingerprint density at radius 1 is 0.0933 bits per heavy atom. The summed E-state index contributed by atoms with van der Waals surface area (Å²) in [6, 6.07) is 0. The van der Waals surface area contributed by atoms with Crippen molar-refractivity contribution in [1.29, 1.82) is 0 Å². The van der Waals surface area contributed by atoms with E-state index >= 15 is 0 Å². The first-order valence-corrected chi connectivity index (χ1v) is 3.26. The van der Waals surface area contributed by atoms with Gasteiger partial charge in [0.1, 0.15) is 0 Å². The summed E-state index contributed by atoms with van der Waals surface area (Å²) in [5.74, 6) is 0. The van der Waals surface area contributed by atoms with Gasteiger partial charge in [0.05, 0.1) is 0 Å². The molecule has 0 spiro atoms. The Bertz CT molecular complexity index is 264. The molecule has 0 heterocycles. The van der Waals surface area contributed by atoms with Gasteiger partial charge in [-0.25, -0.2) is 24.0 Å². The van der Waals surface area contributed by atoms with Crippen molar-refractivity contribution in [2.75, 3.05) is 0 Å². The number of carboxylic acid groups (broad SMARTS) is 10. The Labute approximate surface area is 2090 Å². The van der Waals surface area contributed by atoms with E-state index in [1.807, 2.05) is 0 Å². The maximum atomic E-state index is 8.56. The first kappa shape index (κ1) is 422. The molecule has 0 aromatic rings. The second-order valence-corrected chi connectivity index (χ2v) is 1.41. The van der Waals surface area contributed by atoms with E-state index in [9.17, 15) is 0 Å². The van der Waals surface area contributed by atoms with Crippen molar-refractivity contribution >= 4 is 2110 Å². The van der Waals surface area contributed by atoms with E-state index in [0.717, 1.165) is 0 Å². The van der Waals surface area contributed by atoms with Gasteiger partial charge in [0.25, 0.3) is 0 Å². The molecule has 10 N–H and O–H groups in total. The van der Waals surface area contributed by atoms with Gasteiger partial charge in [0.2, 0.25) is 0 Å². The third-order valence-electron chi connectivity index (χ3n) is 0. The Kier molecular flexibility index (Phi) is 2320. The van der Waals surface area contributed by atoms with Gasteiger partial charge in [-0.1, -0.05) is 0 Å². The quantitative estimate of drug-likeness (QED) is 0.101. The van der Waals surface area contributed by atoms with Crippen molar-refractivity contribution < 1.29 is 75.0 Å². The monoisotopic (exact) mass is 2510 g/mol. The minimum atomic E-state index is -1.83. The van der Waals surface area contributed by atoms with E-state index in [2.05, 4.69) is 0 Å². The van der Waals surface area contributed by atoms with Crippen LogP contribution in [-0.4, -0.2) is 2160 Å². The third-order valence-corrected chi connectivity index (χ3v) is 0. The van der Waals surface area contributed by atoms with Gasteiger partial charge >= 0.3 is 2110 Å². The zero-order valence-electron chi connectivity index (χ0n) is 47.9. The summed E-state index contributed by atoms with van der Waals surface area (Å²) in [6.45, 7) is 0. The van der Waals surface area contributed by atoms with Gasteiger partial charge in [-0.2, -0.15) is 0 Å². The predicted octanol–water partition coefficient (Wildman–Crippen LogP) is -19.8. The van der Waals surface area contributed by atoms with Crippen LogP contribution in [0.5, 0.6) is 0 Å². The van der Waals surface area contributed by atoms with E-state index in [1.54, 1.807) is 0 Å². The molecule has 0 aromatic carbocycles. The molecule has 0 radical (unpaired) electrons. The maximum Gasteiger partial charge on any atom is 2.00 e. The molecule has 120 valence electrons. The van der Waals surface area contributed by atoms with Gasteiger partial charge in [0.15, 0.2) is 0 Å². The molecule has 75 heavy (non-hydrogen) atoms. The average molecular weight is 2510 g/mol. The molecule has 70 heteroatoms. The molecule has 0 atom stereocenters. The van der Waals surface area contributed by atoms with Crippen LogP contribution in [-0.2, 0) is 0 Å². The van der Waals surface area contributed by atoms with Crippen molar-refractivity contribution in [3.05, 3.63) is 0 Å². The summed E-state index contributed by atoms with van der Waals surface area (Å²) in [6.07, 6.45) is -9.17. The van der Waals surface area contributed by atoms with Crippen molar-refractivity contribution in [3.8, 4) is 0 Å². The minimum absolute atomic E-state index is 0. The molecule has 0 aliphatic carbocycles. The first-order valence-electron chi connectivity index (χ1n) is 3.26. The van der Waals surface area contributed by atoms with Crippen LogP contribution in [0.4, 0.5) is 24.0 Å². The summed E-state index contributed by atoms with van der Waals surface area (Å²) < 4.78 is 0. The van der Waals surface area contributed by atoms with Crippen LogP contribution in [0.2, 0.25) is 0 Å². The normalized spacial score (nSPS) is 1.60. The van der Waals surface area contributed by atoms with Crippen molar-refractivity contribution in [1.82, 2.24) is 0 Å². The number of carbonyl (C=O) groups is 5. The standard InChI is InChI=1S/5CH2O3.55Ca/c5*2-1(3)4;;;;;;;;;;;;;;;;;;;;;;;;;;;;;;;;;;;;;;;;;;;;;;;;;;;;;;;/h5*(H2,2,3,4);;;;;;;;;;;;;;;;;;;;;;;;;;;;;;;;;;;;;;;;;;;;;;;;;;;;;;;/q;;;;;55*+2. The van der Waals surface area contributed by atoms with E-state index in [4.69, 9.17) is 75.0 Å². The van der Waals surface area contributed by atoms with E-state index in [0.29, 0.717) is 0 Å². The molecular formula is C5H10Ca55O15+110. The summed E-state index contributed by atoms with van der Waals surface area (Å²) in [5.41, 5.74) is 0. The molecule has 0 unspecified atom stereocenters. The summed E-state index contributed by atoms with van der Waals surface area (Å²) in [4.78, 5) is 42.8. The average Bonchev–Trinajstić information content (AvgIpc) is 1.94. The van der Waals surface area contributed by atoms with E-state index in [1.165, 1.54) is 0 Å². The minimum Gasteiger partial charge on any atom is -0.450 e. The largest absolute Gasteiger partial charge is 2.00 e. The van der Waals surface area contributed by atoms with E-state index in [-0.39, 0.29) is 2080 Å². The van der Waals surface area contributed by atoms with Crippen molar-refractivity contribution in [2.24, 2.45) is 0 Å². The van der Waals surface area contributed by atoms with Gasteiger partial charge in [0, 0.05) is 0 Å². The first-order chi connectivity index (χ1) is 8.66. The van der Waals surface area contributed by atoms with E-state index < -0.39 is 30.8 Å². The SMILES string of the molecule is O=C(O)O.O=C(O)O.O=C(O)O.O=C(O)O.O=C(O)O.[Ca+2].[Ca+2].[Ca+2].[Ca+2].[Ca+2].[Ca+2].[Ca+2].[Ca+2].[Ca+2].[Ca+2].[Ca+2].[Ca+2].[Ca+2].[Ca+2].[Ca+2].[Ca+2].[Ca+2].[Ca+2].[Ca+2].[Ca+2].[Ca+2].[Ca+2].[Ca+2].[Ca+2].[Ca+2].[Ca+2].[Ca+2].[Ca+2].[Ca+2].[Ca+2].[Ca+2].[Ca+2].[Ca+2].[Ca+2].[Ca+2].[Ca+2].[Ca+2].[Ca+2].[Ca+2].[Ca+2].[Ca+2].[Ca+2].[Ca+2].[Ca+2].[Ca+2].[Ca+2].[Ca+2].[Ca+2].[Ca+2].[Ca+2].[Ca+2].[Ca+2].[Ca+2].[Ca+2].[Ca+2]. The molecule has 0 amide bonds. The second-order valence-electron chi connectivity index (χ2n) is 1.41. The van der Waals surface area contributed by atoms with Gasteiger partial charge < -0.3 is 51.1 Å². The molecule has 0 aliphatic rings. The van der Waals surface area contributed by atoms with Gasteiger partial charge in [-0.15, -0.1) is 0 Å². The Hall–Kier alpha value is 65.6. The summed E-state index contributed by atoms with van der Waals surface area (Å²) >= 11 is 0. The zero-order chi connectivity index (χ0) is 17.9. The molecule has 0 aliphatic heterocycles. The molecule has 0 aromatic heterocycles.